The van der Waals surface area contributed by atoms with Gasteiger partial charge in [0.05, 0.1) is 23.1 Å². The molecule has 38 heavy (non-hydrogen) atoms. The molecule has 1 atom stereocenters. The molecule has 0 saturated carbocycles. The van der Waals surface area contributed by atoms with Gasteiger partial charge in [-0.3, -0.25) is 14.4 Å². The average Bonchev–Trinajstić information content (AvgIpc) is 2.84. The van der Waals surface area contributed by atoms with Gasteiger partial charge < -0.3 is 20.6 Å². The summed E-state index contributed by atoms with van der Waals surface area (Å²) in [6.07, 6.45) is 0.366. The molecule has 0 aromatic heterocycles. The van der Waals surface area contributed by atoms with Crippen LogP contribution in [0.15, 0.2) is 47.4 Å². The molecule has 0 spiro atoms. The molecule has 206 valence electrons. The molecule has 2 aromatic carbocycles. The SMILES string of the molecule is CC(C)CCSCC(=O)[C@H](CC(=O)O)NC(=O)c1ccc(CNS(=O)(=O)c2ccc(O)c(C(=O)O)c2)cc1. The normalized spacial score (nSPS) is 12.2. The standard InChI is InChI=1S/C25H30N2O9S2/c1-15(2)9-10-37-14-22(29)20(12-23(30)31)27-24(32)17-5-3-16(4-6-17)13-26-38(35,36)18-7-8-21(28)19(11-18)25(33)34/h3-8,11,15,20,26,28H,9-10,12-14H2,1-2H3,(H,27,32)(H,30,31)(H,33,34)/t20-/m0/s1. The van der Waals surface area contributed by atoms with Gasteiger partial charge in [0.1, 0.15) is 11.3 Å². The summed E-state index contributed by atoms with van der Waals surface area (Å²) in [6, 6.07) is 7.46. The molecule has 0 saturated heterocycles. The first kappa shape index (κ1) is 30.8. The highest BCUT2D eigenvalue weighted by molar-refractivity contribution is 7.99. The number of aromatic hydroxyl groups is 1. The van der Waals surface area contributed by atoms with E-state index in [1.807, 2.05) is 0 Å². The maximum Gasteiger partial charge on any atom is 0.339 e. The zero-order chi connectivity index (χ0) is 28.5. The minimum absolute atomic E-state index is 0.0824. The molecular formula is C25H30N2O9S2. The van der Waals surface area contributed by atoms with E-state index in [0.717, 1.165) is 30.4 Å². The third kappa shape index (κ3) is 9.47. The van der Waals surface area contributed by atoms with E-state index >= 15 is 0 Å². The van der Waals surface area contributed by atoms with E-state index in [1.54, 1.807) is 0 Å². The summed E-state index contributed by atoms with van der Waals surface area (Å²) in [4.78, 5) is 47.2. The second-order valence-corrected chi connectivity index (χ2v) is 11.7. The van der Waals surface area contributed by atoms with Crippen LogP contribution in [0.25, 0.3) is 0 Å². The van der Waals surface area contributed by atoms with Crippen molar-refractivity contribution in [3.05, 3.63) is 59.2 Å². The van der Waals surface area contributed by atoms with E-state index in [4.69, 9.17) is 10.2 Å². The van der Waals surface area contributed by atoms with E-state index in [2.05, 4.69) is 23.9 Å². The Labute approximate surface area is 224 Å². The van der Waals surface area contributed by atoms with Crippen LogP contribution in [0.1, 0.15) is 53.0 Å². The number of hydrogen-bond donors (Lipinski definition) is 5. The quantitative estimate of drug-likeness (QED) is 0.200. The molecule has 11 nitrogen and oxygen atoms in total. The largest absolute Gasteiger partial charge is 0.507 e. The van der Waals surface area contributed by atoms with Gasteiger partial charge in [-0.25, -0.2) is 17.9 Å². The van der Waals surface area contributed by atoms with Gasteiger partial charge in [-0.05, 0) is 54.0 Å². The van der Waals surface area contributed by atoms with Crippen molar-refractivity contribution >= 4 is 45.4 Å². The molecule has 0 aliphatic rings. The highest BCUT2D eigenvalue weighted by atomic mass is 32.2. The molecule has 2 rings (SSSR count). The lowest BCUT2D eigenvalue weighted by Crippen LogP contribution is -2.43. The minimum Gasteiger partial charge on any atom is -0.507 e. The Bertz CT molecular complexity index is 1280. The van der Waals surface area contributed by atoms with Crippen LogP contribution in [-0.4, -0.2) is 64.9 Å². The smallest absolute Gasteiger partial charge is 0.339 e. The zero-order valence-electron chi connectivity index (χ0n) is 20.8. The van der Waals surface area contributed by atoms with Crippen molar-refractivity contribution in [1.29, 1.82) is 0 Å². The van der Waals surface area contributed by atoms with Crippen molar-refractivity contribution in [3.8, 4) is 5.75 Å². The number of sulfonamides is 1. The number of carboxylic acids is 2. The fourth-order valence-electron chi connectivity index (χ4n) is 3.14. The topological polar surface area (TPSA) is 187 Å². The lowest BCUT2D eigenvalue weighted by Gasteiger charge is -2.16. The van der Waals surface area contributed by atoms with E-state index in [-0.39, 0.29) is 28.5 Å². The maximum absolute atomic E-state index is 12.6. The number of aliphatic carboxylic acids is 1. The number of amides is 1. The molecule has 2 aromatic rings. The van der Waals surface area contributed by atoms with E-state index in [1.165, 1.54) is 36.0 Å². The molecule has 0 radical (unpaired) electrons. The second kappa shape index (κ2) is 13.9. The molecule has 0 aliphatic carbocycles. The number of Topliss-reactive ketones (excluding diaryl/α,β-unsaturated/α-hetero) is 1. The van der Waals surface area contributed by atoms with Crippen LogP contribution in [-0.2, 0) is 26.2 Å². The Morgan fingerprint density at radius 3 is 2.24 bits per heavy atom. The van der Waals surface area contributed by atoms with Gasteiger partial charge in [0.2, 0.25) is 10.0 Å². The summed E-state index contributed by atoms with van der Waals surface area (Å²) < 4.78 is 27.4. The van der Waals surface area contributed by atoms with Gasteiger partial charge in [-0.1, -0.05) is 26.0 Å². The second-order valence-electron chi connectivity index (χ2n) is 8.83. The van der Waals surface area contributed by atoms with Crippen LogP contribution in [0.4, 0.5) is 0 Å². The number of thioether (sulfide) groups is 1. The van der Waals surface area contributed by atoms with Gasteiger partial charge in [-0.2, -0.15) is 11.8 Å². The first-order valence-electron chi connectivity index (χ1n) is 11.6. The lowest BCUT2D eigenvalue weighted by molar-refractivity contribution is -0.139. The van der Waals surface area contributed by atoms with Crippen LogP contribution < -0.4 is 10.0 Å². The first-order valence-corrected chi connectivity index (χ1v) is 14.2. The summed E-state index contributed by atoms with van der Waals surface area (Å²) in [7, 11) is -4.11. The lowest BCUT2D eigenvalue weighted by atomic mass is 10.1. The number of carbonyl (C=O) groups is 4. The number of rotatable bonds is 15. The average molecular weight is 567 g/mol. The fourth-order valence-corrected chi connectivity index (χ4v) is 5.37. The molecule has 5 N–H and O–H groups in total. The molecule has 0 unspecified atom stereocenters. The highest BCUT2D eigenvalue weighted by Crippen LogP contribution is 2.21. The van der Waals surface area contributed by atoms with Crippen molar-refractivity contribution in [3.63, 3.8) is 0 Å². The predicted molar refractivity (Wildman–Crippen MR) is 141 cm³/mol. The molecular weight excluding hydrogens is 536 g/mol. The number of hydrogen-bond acceptors (Lipinski definition) is 8. The number of phenols is 1. The van der Waals surface area contributed by atoms with Crippen molar-refractivity contribution < 1.29 is 42.9 Å². The molecule has 0 aliphatic heterocycles. The first-order chi connectivity index (χ1) is 17.8. The number of benzene rings is 2. The predicted octanol–water partition coefficient (Wildman–Crippen LogP) is 2.49. The molecule has 13 heteroatoms. The Morgan fingerprint density at radius 1 is 1.00 bits per heavy atom. The number of aromatic carboxylic acids is 1. The van der Waals surface area contributed by atoms with Gasteiger partial charge in [0.25, 0.3) is 5.91 Å². The monoisotopic (exact) mass is 566 g/mol. The Hall–Kier alpha value is -3.42. The third-order valence-corrected chi connectivity index (χ3v) is 7.76. The van der Waals surface area contributed by atoms with E-state index in [0.29, 0.717) is 11.5 Å². The fraction of sp³-hybridized carbons (Fsp3) is 0.360. The minimum atomic E-state index is -4.11. The van der Waals surface area contributed by atoms with Gasteiger partial charge >= 0.3 is 11.9 Å². The Morgan fingerprint density at radius 2 is 1.66 bits per heavy atom. The molecule has 0 heterocycles. The summed E-state index contributed by atoms with van der Waals surface area (Å²) in [5.41, 5.74) is 0.0658. The van der Waals surface area contributed by atoms with Crippen LogP contribution in [0.2, 0.25) is 0 Å². The van der Waals surface area contributed by atoms with Crippen molar-refractivity contribution in [2.45, 2.75) is 44.2 Å². The maximum atomic E-state index is 12.6. The van der Waals surface area contributed by atoms with Gasteiger partial charge in [-0.15, -0.1) is 0 Å². The number of nitrogens with one attached hydrogen (secondary N) is 2. The number of ketones is 1. The number of carboxylic acid groups (broad SMARTS) is 2. The summed E-state index contributed by atoms with van der Waals surface area (Å²) in [5.74, 6) is -3.00. The molecule has 0 bridgehead atoms. The Balaban J connectivity index is 2.01. The number of carbonyl (C=O) groups excluding carboxylic acids is 2. The molecule has 0 fully saturated rings. The van der Waals surface area contributed by atoms with Crippen molar-refractivity contribution in [1.82, 2.24) is 10.0 Å². The summed E-state index contributed by atoms with van der Waals surface area (Å²) in [6.45, 7) is 3.94. The van der Waals surface area contributed by atoms with Crippen LogP contribution in [0, 0.1) is 5.92 Å². The van der Waals surface area contributed by atoms with Crippen molar-refractivity contribution in [2.24, 2.45) is 5.92 Å². The highest BCUT2D eigenvalue weighted by Gasteiger charge is 2.24. The third-order valence-electron chi connectivity index (χ3n) is 5.35. The summed E-state index contributed by atoms with van der Waals surface area (Å²) >= 11 is 1.39. The van der Waals surface area contributed by atoms with Crippen LogP contribution in [0.5, 0.6) is 5.75 Å². The van der Waals surface area contributed by atoms with Gasteiger partial charge in [0.15, 0.2) is 5.78 Å². The van der Waals surface area contributed by atoms with Crippen LogP contribution in [0.3, 0.4) is 0 Å². The van der Waals surface area contributed by atoms with Crippen molar-refractivity contribution in [2.75, 3.05) is 11.5 Å². The Kier molecular flexibility index (Phi) is 11.3. The van der Waals surface area contributed by atoms with E-state index in [9.17, 15) is 32.7 Å². The summed E-state index contributed by atoms with van der Waals surface area (Å²) in [5, 5.41) is 30.3. The zero-order valence-corrected chi connectivity index (χ0v) is 22.5. The van der Waals surface area contributed by atoms with E-state index < -0.39 is 51.6 Å². The van der Waals surface area contributed by atoms with Gasteiger partial charge in [0, 0.05) is 12.1 Å². The molecule has 1 amide bonds. The van der Waals surface area contributed by atoms with Crippen LogP contribution >= 0.6 is 11.8 Å².